The SMILES string of the molecule is CC1NCOC1C[C@@H](C)O. The predicted octanol–water partition coefficient (Wildman–Crippen LogP) is 0.0917. The Morgan fingerprint density at radius 3 is 2.90 bits per heavy atom. The van der Waals surface area contributed by atoms with Crippen molar-refractivity contribution >= 4 is 0 Å². The number of hydrogen-bond acceptors (Lipinski definition) is 3. The van der Waals surface area contributed by atoms with E-state index in [0.29, 0.717) is 12.8 Å². The van der Waals surface area contributed by atoms with E-state index in [2.05, 4.69) is 12.2 Å². The fraction of sp³-hybridized carbons (Fsp3) is 1.00. The third-order valence-electron chi connectivity index (χ3n) is 1.83. The van der Waals surface area contributed by atoms with Crippen LogP contribution in [0.15, 0.2) is 0 Å². The Balaban J connectivity index is 2.26. The number of rotatable bonds is 2. The second-order valence-electron chi connectivity index (χ2n) is 2.93. The van der Waals surface area contributed by atoms with E-state index in [4.69, 9.17) is 9.84 Å². The summed E-state index contributed by atoms with van der Waals surface area (Å²) in [6.45, 7) is 4.48. The molecule has 1 saturated heterocycles. The average molecular weight is 145 g/mol. The van der Waals surface area contributed by atoms with Gasteiger partial charge in [-0.25, -0.2) is 0 Å². The summed E-state index contributed by atoms with van der Waals surface area (Å²) in [6, 6.07) is 0.384. The van der Waals surface area contributed by atoms with Gasteiger partial charge in [0.15, 0.2) is 0 Å². The Bertz CT molecular complexity index is 106. The van der Waals surface area contributed by atoms with Gasteiger partial charge < -0.3 is 9.84 Å². The van der Waals surface area contributed by atoms with E-state index < -0.39 is 0 Å². The molecule has 3 nitrogen and oxygen atoms in total. The molecule has 0 aromatic carbocycles. The van der Waals surface area contributed by atoms with Crippen LogP contribution in [-0.2, 0) is 4.74 Å². The Kier molecular flexibility index (Phi) is 2.65. The Labute approximate surface area is 61.4 Å². The highest BCUT2D eigenvalue weighted by molar-refractivity contribution is 4.77. The molecule has 2 N–H and O–H groups in total. The number of aliphatic hydroxyl groups is 1. The number of nitrogens with one attached hydrogen (secondary N) is 1. The maximum Gasteiger partial charge on any atom is 0.0972 e. The van der Waals surface area contributed by atoms with Crippen LogP contribution < -0.4 is 5.32 Å². The van der Waals surface area contributed by atoms with Crippen molar-refractivity contribution in [1.29, 1.82) is 0 Å². The highest BCUT2D eigenvalue weighted by atomic mass is 16.5. The number of hydrogen-bond donors (Lipinski definition) is 2. The second-order valence-corrected chi connectivity index (χ2v) is 2.93. The summed E-state index contributed by atoms with van der Waals surface area (Å²) in [6.07, 6.45) is 0.668. The van der Waals surface area contributed by atoms with Gasteiger partial charge in [-0.05, 0) is 13.8 Å². The summed E-state index contributed by atoms with van der Waals surface area (Å²) in [5.74, 6) is 0. The van der Waals surface area contributed by atoms with Crippen LogP contribution in [0.4, 0.5) is 0 Å². The van der Waals surface area contributed by atoms with Gasteiger partial charge in [0.1, 0.15) is 0 Å². The highest BCUT2D eigenvalue weighted by Crippen LogP contribution is 2.11. The smallest absolute Gasteiger partial charge is 0.0972 e. The summed E-state index contributed by atoms with van der Waals surface area (Å²) in [5, 5.41) is 12.2. The minimum absolute atomic E-state index is 0.194. The molecular weight excluding hydrogens is 130 g/mol. The van der Waals surface area contributed by atoms with E-state index >= 15 is 0 Å². The molecule has 0 aromatic rings. The lowest BCUT2D eigenvalue weighted by Gasteiger charge is -2.14. The van der Waals surface area contributed by atoms with Crippen LogP contribution in [0.3, 0.4) is 0 Å². The molecule has 1 aliphatic rings. The lowest BCUT2D eigenvalue weighted by atomic mass is 10.1. The van der Waals surface area contributed by atoms with E-state index in [-0.39, 0.29) is 12.2 Å². The zero-order chi connectivity index (χ0) is 7.56. The molecule has 3 heteroatoms. The Hall–Kier alpha value is -0.120. The van der Waals surface area contributed by atoms with Gasteiger partial charge in [-0.3, -0.25) is 5.32 Å². The first-order valence-electron chi connectivity index (χ1n) is 3.73. The molecule has 2 unspecified atom stereocenters. The molecule has 10 heavy (non-hydrogen) atoms. The van der Waals surface area contributed by atoms with Crippen molar-refractivity contribution in [3.8, 4) is 0 Å². The first-order chi connectivity index (χ1) is 4.70. The van der Waals surface area contributed by atoms with Gasteiger partial charge in [-0.2, -0.15) is 0 Å². The summed E-state index contributed by atoms with van der Waals surface area (Å²) in [7, 11) is 0. The molecule has 1 aliphatic heterocycles. The zero-order valence-corrected chi connectivity index (χ0v) is 6.50. The first-order valence-corrected chi connectivity index (χ1v) is 3.73. The van der Waals surface area contributed by atoms with Crippen molar-refractivity contribution in [3.63, 3.8) is 0 Å². The van der Waals surface area contributed by atoms with Crippen LogP contribution in [-0.4, -0.2) is 30.1 Å². The molecule has 1 heterocycles. The third-order valence-corrected chi connectivity index (χ3v) is 1.83. The molecule has 0 bridgehead atoms. The standard InChI is InChI=1S/C7H15NO2/c1-5(9)3-7-6(2)8-4-10-7/h5-9H,3-4H2,1-2H3/t5-,6?,7?/m1/s1. The molecule has 0 radical (unpaired) electrons. The van der Waals surface area contributed by atoms with E-state index in [0.717, 1.165) is 6.42 Å². The molecule has 60 valence electrons. The molecule has 0 aromatic heterocycles. The fourth-order valence-corrected chi connectivity index (χ4v) is 1.17. The maximum absolute atomic E-state index is 9.02. The van der Waals surface area contributed by atoms with E-state index in [1.807, 2.05) is 0 Å². The second kappa shape index (κ2) is 3.32. The first kappa shape index (κ1) is 7.98. The predicted molar refractivity (Wildman–Crippen MR) is 38.6 cm³/mol. The van der Waals surface area contributed by atoms with Crippen molar-refractivity contribution in [1.82, 2.24) is 5.32 Å². The van der Waals surface area contributed by atoms with Gasteiger partial charge in [0.25, 0.3) is 0 Å². The summed E-state index contributed by atoms with van der Waals surface area (Å²) < 4.78 is 5.30. The fourth-order valence-electron chi connectivity index (χ4n) is 1.17. The molecule has 0 saturated carbocycles. The Morgan fingerprint density at radius 2 is 2.50 bits per heavy atom. The van der Waals surface area contributed by atoms with Gasteiger partial charge in [0.2, 0.25) is 0 Å². The topological polar surface area (TPSA) is 41.5 Å². The summed E-state index contributed by atoms with van der Waals surface area (Å²) >= 11 is 0. The largest absolute Gasteiger partial charge is 0.393 e. The quantitative estimate of drug-likeness (QED) is 0.578. The van der Waals surface area contributed by atoms with Crippen LogP contribution >= 0.6 is 0 Å². The molecule has 0 amide bonds. The zero-order valence-electron chi connectivity index (χ0n) is 6.50. The highest BCUT2D eigenvalue weighted by Gasteiger charge is 2.24. The average Bonchev–Trinajstić information content (AvgIpc) is 2.15. The van der Waals surface area contributed by atoms with Crippen molar-refractivity contribution in [2.75, 3.05) is 6.73 Å². The third kappa shape index (κ3) is 1.94. The van der Waals surface area contributed by atoms with Crippen LogP contribution in [0.25, 0.3) is 0 Å². The van der Waals surface area contributed by atoms with Gasteiger partial charge in [0.05, 0.1) is 18.9 Å². The lowest BCUT2D eigenvalue weighted by molar-refractivity contribution is 0.0557. The molecule has 1 rings (SSSR count). The summed E-state index contributed by atoms with van der Waals surface area (Å²) in [5.41, 5.74) is 0. The number of aliphatic hydroxyl groups excluding tert-OH is 1. The van der Waals surface area contributed by atoms with E-state index in [9.17, 15) is 0 Å². The van der Waals surface area contributed by atoms with Crippen molar-refractivity contribution < 1.29 is 9.84 Å². The van der Waals surface area contributed by atoms with Gasteiger partial charge in [0, 0.05) is 12.5 Å². The minimum Gasteiger partial charge on any atom is -0.393 e. The normalized spacial score (nSPS) is 36.3. The summed E-state index contributed by atoms with van der Waals surface area (Å²) in [4.78, 5) is 0. The number of ether oxygens (including phenoxy) is 1. The van der Waals surface area contributed by atoms with Crippen molar-refractivity contribution in [3.05, 3.63) is 0 Å². The minimum atomic E-state index is -0.257. The molecule has 3 atom stereocenters. The van der Waals surface area contributed by atoms with Gasteiger partial charge in [-0.15, -0.1) is 0 Å². The van der Waals surface area contributed by atoms with Gasteiger partial charge in [-0.1, -0.05) is 0 Å². The van der Waals surface area contributed by atoms with Crippen molar-refractivity contribution in [2.45, 2.75) is 38.5 Å². The monoisotopic (exact) mass is 145 g/mol. The van der Waals surface area contributed by atoms with Crippen LogP contribution in [0.1, 0.15) is 20.3 Å². The van der Waals surface area contributed by atoms with Crippen molar-refractivity contribution in [2.24, 2.45) is 0 Å². The van der Waals surface area contributed by atoms with Crippen LogP contribution in [0.2, 0.25) is 0 Å². The Morgan fingerprint density at radius 1 is 1.80 bits per heavy atom. The maximum atomic E-state index is 9.02. The molecule has 0 aliphatic carbocycles. The van der Waals surface area contributed by atoms with Crippen LogP contribution in [0.5, 0.6) is 0 Å². The van der Waals surface area contributed by atoms with Gasteiger partial charge >= 0.3 is 0 Å². The molecule has 0 spiro atoms. The van der Waals surface area contributed by atoms with E-state index in [1.54, 1.807) is 6.92 Å². The van der Waals surface area contributed by atoms with E-state index in [1.165, 1.54) is 0 Å². The van der Waals surface area contributed by atoms with Crippen LogP contribution in [0, 0.1) is 0 Å². The lowest BCUT2D eigenvalue weighted by Crippen LogP contribution is -2.29. The molecular formula is C7H15NO2. The molecule has 1 fully saturated rings.